The molecule has 0 N–H and O–H groups in total. The van der Waals surface area contributed by atoms with Gasteiger partial charge in [-0.1, -0.05) is 24.6 Å². The molecular weight excluding hydrogens is 374 g/mol. The second kappa shape index (κ2) is 8.44. The summed E-state index contributed by atoms with van der Waals surface area (Å²) >= 11 is 0. The molecule has 0 spiro atoms. The number of ether oxygens (including phenoxy) is 2. The first-order valence-electron chi connectivity index (χ1n) is 10.8. The van der Waals surface area contributed by atoms with Crippen LogP contribution in [0.4, 0.5) is 0 Å². The largest absolute Gasteiger partial charge is 0.493 e. The van der Waals surface area contributed by atoms with Gasteiger partial charge in [0, 0.05) is 23.9 Å². The predicted molar refractivity (Wildman–Crippen MR) is 121 cm³/mol. The van der Waals surface area contributed by atoms with Crippen molar-refractivity contribution in [3.63, 3.8) is 0 Å². The number of hydrogen-bond acceptors (Lipinski definition) is 5. The van der Waals surface area contributed by atoms with Crippen molar-refractivity contribution in [1.29, 1.82) is 0 Å². The Labute approximate surface area is 177 Å². The fourth-order valence-electron chi connectivity index (χ4n) is 4.32. The van der Waals surface area contributed by atoms with Gasteiger partial charge in [0.1, 0.15) is 12.4 Å². The van der Waals surface area contributed by atoms with Crippen LogP contribution >= 0.6 is 0 Å². The summed E-state index contributed by atoms with van der Waals surface area (Å²) < 4.78 is 11.6. The van der Waals surface area contributed by atoms with E-state index in [0.29, 0.717) is 5.88 Å². The lowest BCUT2D eigenvalue weighted by Gasteiger charge is -2.26. The Bertz CT molecular complexity index is 1070. The van der Waals surface area contributed by atoms with Crippen LogP contribution in [0.15, 0.2) is 64.9 Å². The van der Waals surface area contributed by atoms with Gasteiger partial charge < -0.3 is 9.47 Å². The fourth-order valence-corrected chi connectivity index (χ4v) is 4.32. The maximum Gasteiger partial charge on any atom is 0.223 e. The molecule has 1 aromatic carbocycles. The van der Waals surface area contributed by atoms with Crippen molar-refractivity contribution >= 4 is 22.3 Å². The van der Waals surface area contributed by atoms with Gasteiger partial charge in [0.15, 0.2) is 0 Å². The molecule has 2 aromatic rings. The summed E-state index contributed by atoms with van der Waals surface area (Å²) in [6.07, 6.45) is 11.1. The average Bonchev–Trinajstić information content (AvgIpc) is 3.22. The number of aromatic nitrogens is 1. The summed E-state index contributed by atoms with van der Waals surface area (Å²) in [6, 6.07) is 10.2. The number of rotatable bonds is 6. The van der Waals surface area contributed by atoms with Crippen LogP contribution in [0.2, 0.25) is 0 Å². The summed E-state index contributed by atoms with van der Waals surface area (Å²) in [6.45, 7) is 4.14. The number of benzene rings is 1. The van der Waals surface area contributed by atoms with Gasteiger partial charge in [-0.05, 0) is 56.3 Å². The van der Waals surface area contributed by atoms with Crippen LogP contribution in [0.3, 0.4) is 0 Å². The van der Waals surface area contributed by atoms with E-state index in [1.54, 1.807) is 7.11 Å². The highest BCUT2D eigenvalue weighted by molar-refractivity contribution is 6.12. The number of fused-ring (bicyclic) bond motifs is 2. The minimum atomic E-state index is 0.606. The van der Waals surface area contributed by atoms with Crippen molar-refractivity contribution in [2.45, 2.75) is 25.7 Å². The fraction of sp³-hybridized carbons (Fsp3) is 0.360. The molecule has 1 aromatic heterocycles. The van der Waals surface area contributed by atoms with Gasteiger partial charge in [-0.2, -0.15) is 0 Å². The van der Waals surface area contributed by atoms with E-state index in [1.165, 1.54) is 32.4 Å². The Morgan fingerprint density at radius 1 is 1.07 bits per heavy atom. The van der Waals surface area contributed by atoms with E-state index in [9.17, 15) is 0 Å². The lowest BCUT2D eigenvalue weighted by atomic mass is 10.0. The standard InChI is InChI=1S/C25H27N3O2/c1-29-25-21(16-18-7-3-4-8-22(18)27-25)24-17-19-15-20(9-10-23(19)26-24)30-14-13-28-11-5-2-6-12-28/h3-4,7-9,15-17H,2,5-6,10-14H2,1H3. The monoisotopic (exact) mass is 401 g/mol. The van der Waals surface area contributed by atoms with Crippen LogP contribution in [0.1, 0.15) is 31.2 Å². The number of likely N-dealkylation sites (tertiary alicyclic amines) is 1. The van der Waals surface area contributed by atoms with Crippen molar-refractivity contribution in [3.8, 4) is 5.88 Å². The van der Waals surface area contributed by atoms with Gasteiger partial charge in [-0.3, -0.25) is 9.89 Å². The van der Waals surface area contributed by atoms with Crippen molar-refractivity contribution in [2.24, 2.45) is 4.99 Å². The SMILES string of the molecule is COc1nc2ccccc2cc1C1=CC2=CC(OCCN3CCCCC3)=CCC2=N1. The van der Waals surface area contributed by atoms with Crippen molar-refractivity contribution < 1.29 is 9.47 Å². The number of pyridine rings is 1. The van der Waals surface area contributed by atoms with Crippen LogP contribution in [0.25, 0.3) is 16.6 Å². The van der Waals surface area contributed by atoms with E-state index in [4.69, 9.17) is 14.5 Å². The van der Waals surface area contributed by atoms with E-state index in [1.807, 2.05) is 18.2 Å². The second-order valence-corrected chi connectivity index (χ2v) is 7.99. The molecule has 0 amide bonds. The molecule has 2 aliphatic heterocycles. The summed E-state index contributed by atoms with van der Waals surface area (Å²) in [7, 11) is 1.66. The maximum atomic E-state index is 6.06. The Kier molecular flexibility index (Phi) is 5.37. The number of aliphatic imine (C=N–C) groups is 1. The lowest BCUT2D eigenvalue weighted by molar-refractivity contribution is 0.148. The molecule has 5 rings (SSSR count). The number of methoxy groups -OCH3 is 1. The quantitative estimate of drug-likeness (QED) is 0.700. The molecule has 154 valence electrons. The molecule has 5 nitrogen and oxygen atoms in total. The highest BCUT2D eigenvalue weighted by Crippen LogP contribution is 2.35. The highest BCUT2D eigenvalue weighted by atomic mass is 16.5. The molecule has 1 fully saturated rings. The smallest absolute Gasteiger partial charge is 0.223 e. The van der Waals surface area contributed by atoms with Gasteiger partial charge >= 0.3 is 0 Å². The maximum absolute atomic E-state index is 6.06. The molecular formula is C25H27N3O2. The second-order valence-electron chi connectivity index (χ2n) is 7.99. The molecule has 0 radical (unpaired) electrons. The van der Waals surface area contributed by atoms with Crippen molar-refractivity contribution in [1.82, 2.24) is 9.88 Å². The predicted octanol–water partition coefficient (Wildman–Crippen LogP) is 4.76. The molecule has 0 unspecified atom stereocenters. The third-order valence-corrected chi connectivity index (χ3v) is 5.96. The molecule has 30 heavy (non-hydrogen) atoms. The van der Waals surface area contributed by atoms with Gasteiger partial charge in [0.05, 0.1) is 29.6 Å². The summed E-state index contributed by atoms with van der Waals surface area (Å²) in [4.78, 5) is 12.0. The zero-order valence-corrected chi connectivity index (χ0v) is 17.4. The van der Waals surface area contributed by atoms with Crippen LogP contribution in [-0.4, -0.2) is 48.9 Å². The first-order valence-corrected chi connectivity index (χ1v) is 10.8. The minimum absolute atomic E-state index is 0.606. The Hall–Kier alpha value is -2.92. The molecule has 0 atom stereocenters. The van der Waals surface area contributed by atoms with Gasteiger partial charge in [-0.15, -0.1) is 0 Å². The molecule has 0 bridgehead atoms. The number of piperidine rings is 1. The number of para-hydroxylation sites is 1. The summed E-state index contributed by atoms with van der Waals surface area (Å²) in [5, 5.41) is 1.08. The first kappa shape index (κ1) is 19.1. The van der Waals surface area contributed by atoms with E-state index >= 15 is 0 Å². The van der Waals surface area contributed by atoms with Crippen molar-refractivity contribution in [2.75, 3.05) is 33.4 Å². The molecule has 3 aliphatic rings. The molecule has 3 heterocycles. The highest BCUT2D eigenvalue weighted by Gasteiger charge is 2.22. The van der Waals surface area contributed by atoms with Crippen LogP contribution in [0.5, 0.6) is 5.88 Å². The van der Waals surface area contributed by atoms with Gasteiger partial charge in [0.25, 0.3) is 0 Å². The minimum Gasteiger partial charge on any atom is -0.493 e. The Balaban J connectivity index is 1.32. The summed E-state index contributed by atoms with van der Waals surface area (Å²) in [5.41, 5.74) is 4.94. The zero-order valence-electron chi connectivity index (χ0n) is 17.4. The third kappa shape index (κ3) is 3.90. The van der Waals surface area contributed by atoms with E-state index in [-0.39, 0.29) is 0 Å². The zero-order chi connectivity index (χ0) is 20.3. The lowest BCUT2D eigenvalue weighted by Crippen LogP contribution is -2.32. The van der Waals surface area contributed by atoms with Crippen LogP contribution in [0, 0.1) is 0 Å². The molecule has 0 saturated carbocycles. The van der Waals surface area contributed by atoms with Crippen LogP contribution < -0.4 is 4.74 Å². The topological polar surface area (TPSA) is 47.0 Å². The van der Waals surface area contributed by atoms with E-state index in [2.05, 4.69) is 40.2 Å². The number of allylic oxidation sites excluding steroid dienone is 4. The molecule has 1 saturated heterocycles. The third-order valence-electron chi connectivity index (χ3n) is 5.96. The summed E-state index contributed by atoms with van der Waals surface area (Å²) in [5.74, 6) is 1.55. The van der Waals surface area contributed by atoms with E-state index < -0.39 is 0 Å². The first-order chi connectivity index (χ1) is 14.8. The van der Waals surface area contributed by atoms with Gasteiger partial charge in [0.2, 0.25) is 5.88 Å². The molecule has 1 aliphatic carbocycles. The van der Waals surface area contributed by atoms with Gasteiger partial charge in [-0.25, -0.2) is 4.98 Å². The molecule has 5 heteroatoms. The Morgan fingerprint density at radius 3 is 2.80 bits per heavy atom. The van der Waals surface area contributed by atoms with Crippen molar-refractivity contribution in [3.05, 3.63) is 65.5 Å². The normalized spacial score (nSPS) is 19.0. The number of nitrogens with zero attached hydrogens (tertiary/aromatic N) is 3. The Morgan fingerprint density at radius 2 is 1.93 bits per heavy atom. The number of hydrogen-bond donors (Lipinski definition) is 0. The average molecular weight is 402 g/mol. The van der Waals surface area contributed by atoms with Crippen LogP contribution in [-0.2, 0) is 4.74 Å². The van der Waals surface area contributed by atoms with E-state index in [0.717, 1.165) is 58.8 Å².